The van der Waals surface area contributed by atoms with Gasteiger partial charge in [-0.05, 0) is 12.1 Å². The van der Waals surface area contributed by atoms with Crippen LogP contribution in [0.5, 0.6) is 5.75 Å². The highest BCUT2D eigenvalue weighted by molar-refractivity contribution is 5.82. The van der Waals surface area contributed by atoms with Gasteiger partial charge >= 0.3 is 0 Å². The molecule has 2 rings (SSSR count). The van der Waals surface area contributed by atoms with Gasteiger partial charge in [-0.1, -0.05) is 0 Å². The highest BCUT2D eigenvalue weighted by Crippen LogP contribution is 2.25. The first-order valence-electron chi connectivity index (χ1n) is 4.58. The second-order valence-electron chi connectivity index (χ2n) is 3.35. The summed E-state index contributed by atoms with van der Waals surface area (Å²) in [5, 5.41) is 1.20. The number of hydrogen-bond donors (Lipinski definition) is 1. The van der Waals surface area contributed by atoms with Crippen molar-refractivity contribution in [1.82, 2.24) is 4.57 Å². The van der Waals surface area contributed by atoms with E-state index >= 15 is 0 Å². The minimum atomic E-state index is 0.508. The van der Waals surface area contributed by atoms with Crippen molar-refractivity contribution in [2.24, 2.45) is 12.8 Å². The molecular formula is C11H14N2O. The highest BCUT2D eigenvalue weighted by atomic mass is 16.5. The zero-order valence-corrected chi connectivity index (χ0v) is 8.45. The molecule has 0 unspecified atom stereocenters. The Kier molecular flexibility index (Phi) is 2.17. The van der Waals surface area contributed by atoms with Crippen LogP contribution >= 0.6 is 0 Å². The van der Waals surface area contributed by atoms with Crippen molar-refractivity contribution in [3.8, 4) is 5.75 Å². The smallest absolute Gasteiger partial charge is 0.125 e. The quantitative estimate of drug-likeness (QED) is 0.782. The molecule has 2 N–H and O–H groups in total. The van der Waals surface area contributed by atoms with Gasteiger partial charge in [-0.3, -0.25) is 0 Å². The van der Waals surface area contributed by atoms with Gasteiger partial charge in [-0.2, -0.15) is 0 Å². The summed E-state index contributed by atoms with van der Waals surface area (Å²) in [6.07, 6.45) is 2.03. The molecule has 1 aromatic carbocycles. The summed E-state index contributed by atoms with van der Waals surface area (Å²) >= 11 is 0. The van der Waals surface area contributed by atoms with Crippen molar-refractivity contribution < 1.29 is 4.74 Å². The molecule has 1 heterocycles. The number of fused-ring (bicyclic) bond motifs is 1. The van der Waals surface area contributed by atoms with Crippen LogP contribution in [0, 0.1) is 0 Å². The van der Waals surface area contributed by atoms with Crippen LogP contribution in [0.1, 0.15) is 5.56 Å². The van der Waals surface area contributed by atoms with Crippen molar-refractivity contribution in [2.45, 2.75) is 6.54 Å². The lowest BCUT2D eigenvalue weighted by atomic mass is 10.1. The number of ether oxygens (including phenoxy) is 1. The molecule has 0 fully saturated rings. The van der Waals surface area contributed by atoms with Crippen molar-refractivity contribution in [1.29, 1.82) is 0 Å². The number of methoxy groups -OCH3 is 1. The van der Waals surface area contributed by atoms with Gasteiger partial charge < -0.3 is 15.0 Å². The number of nitrogens with zero attached hydrogens (tertiary/aromatic N) is 1. The van der Waals surface area contributed by atoms with Crippen LogP contribution in [0.2, 0.25) is 0 Å². The van der Waals surface area contributed by atoms with Gasteiger partial charge in [0.25, 0.3) is 0 Å². The maximum atomic E-state index is 5.64. The molecule has 2 aromatic rings. The first-order chi connectivity index (χ1) is 6.76. The lowest BCUT2D eigenvalue weighted by molar-refractivity contribution is 0.410. The first-order valence-corrected chi connectivity index (χ1v) is 4.58. The zero-order valence-electron chi connectivity index (χ0n) is 8.45. The van der Waals surface area contributed by atoms with Crippen molar-refractivity contribution >= 4 is 10.9 Å². The summed E-state index contributed by atoms with van der Waals surface area (Å²) in [5.41, 5.74) is 7.85. The number of hydrogen-bond acceptors (Lipinski definition) is 2. The third kappa shape index (κ3) is 1.26. The molecule has 3 nitrogen and oxygen atoms in total. The third-order valence-electron chi connectivity index (χ3n) is 2.51. The Labute approximate surface area is 83.1 Å². The maximum absolute atomic E-state index is 5.64. The van der Waals surface area contributed by atoms with E-state index in [9.17, 15) is 0 Å². The van der Waals surface area contributed by atoms with Crippen molar-refractivity contribution in [3.63, 3.8) is 0 Å². The monoisotopic (exact) mass is 190 g/mol. The molecule has 0 bridgehead atoms. The van der Waals surface area contributed by atoms with Crippen LogP contribution in [0.25, 0.3) is 10.9 Å². The van der Waals surface area contributed by atoms with E-state index in [-0.39, 0.29) is 0 Å². The van der Waals surface area contributed by atoms with Crippen LogP contribution in [0.15, 0.2) is 24.4 Å². The fraction of sp³-hybridized carbons (Fsp3) is 0.273. The maximum Gasteiger partial charge on any atom is 0.125 e. The standard InChI is InChI=1S/C11H14N2O/c1-13-4-3-8-5-9(7-12)11(14-2)6-10(8)13/h3-6H,7,12H2,1-2H3. The minimum absolute atomic E-state index is 0.508. The number of aryl methyl sites for hydroxylation is 1. The zero-order chi connectivity index (χ0) is 10.1. The summed E-state index contributed by atoms with van der Waals surface area (Å²) in [6.45, 7) is 0.508. The van der Waals surface area contributed by atoms with Crippen LogP contribution in [0.3, 0.4) is 0 Å². The number of nitrogens with two attached hydrogens (primary N) is 1. The molecule has 74 valence electrons. The van der Waals surface area contributed by atoms with E-state index in [0.717, 1.165) is 11.3 Å². The summed E-state index contributed by atoms with van der Waals surface area (Å²) in [4.78, 5) is 0. The number of aromatic nitrogens is 1. The van der Waals surface area contributed by atoms with Crippen LogP contribution < -0.4 is 10.5 Å². The van der Waals surface area contributed by atoms with Gasteiger partial charge in [0.1, 0.15) is 5.75 Å². The second kappa shape index (κ2) is 3.35. The van der Waals surface area contributed by atoms with E-state index in [0.29, 0.717) is 6.54 Å². The average Bonchev–Trinajstić information content (AvgIpc) is 2.58. The molecule has 0 radical (unpaired) electrons. The molecular weight excluding hydrogens is 176 g/mol. The predicted molar refractivity (Wildman–Crippen MR) is 57.4 cm³/mol. The Morgan fingerprint density at radius 3 is 2.86 bits per heavy atom. The van der Waals surface area contributed by atoms with E-state index < -0.39 is 0 Å². The van der Waals surface area contributed by atoms with Gasteiger partial charge in [0.05, 0.1) is 12.6 Å². The number of benzene rings is 1. The molecule has 14 heavy (non-hydrogen) atoms. The largest absolute Gasteiger partial charge is 0.496 e. The Balaban J connectivity index is 2.71. The molecule has 0 saturated carbocycles. The first kappa shape index (κ1) is 9.09. The normalized spacial score (nSPS) is 10.8. The Morgan fingerprint density at radius 1 is 1.43 bits per heavy atom. The van der Waals surface area contributed by atoms with E-state index in [4.69, 9.17) is 10.5 Å². The SMILES string of the molecule is COc1cc2c(ccn2C)cc1CN. The molecule has 0 spiro atoms. The van der Waals surface area contributed by atoms with Gasteiger partial charge in [-0.15, -0.1) is 0 Å². The van der Waals surface area contributed by atoms with E-state index in [1.807, 2.05) is 19.3 Å². The second-order valence-corrected chi connectivity index (χ2v) is 3.35. The van der Waals surface area contributed by atoms with Crippen LogP contribution in [0.4, 0.5) is 0 Å². The van der Waals surface area contributed by atoms with Crippen LogP contribution in [-0.2, 0) is 13.6 Å². The lowest BCUT2D eigenvalue weighted by Crippen LogP contribution is -2.00. The molecule has 1 aromatic heterocycles. The molecule has 0 aliphatic rings. The summed E-state index contributed by atoms with van der Waals surface area (Å²) in [6, 6.07) is 6.18. The van der Waals surface area contributed by atoms with E-state index in [1.165, 1.54) is 10.9 Å². The fourth-order valence-corrected chi connectivity index (χ4v) is 1.69. The van der Waals surface area contributed by atoms with Gasteiger partial charge in [-0.25, -0.2) is 0 Å². The average molecular weight is 190 g/mol. The molecule has 3 heteroatoms. The Bertz CT molecular complexity index is 460. The van der Waals surface area contributed by atoms with Gasteiger partial charge in [0, 0.05) is 36.8 Å². The summed E-state index contributed by atoms with van der Waals surface area (Å²) in [7, 11) is 3.69. The molecule has 0 amide bonds. The predicted octanol–water partition coefficient (Wildman–Crippen LogP) is 1.65. The van der Waals surface area contributed by atoms with Gasteiger partial charge in [0.2, 0.25) is 0 Å². The van der Waals surface area contributed by atoms with E-state index in [2.05, 4.69) is 16.7 Å². The molecule has 0 saturated heterocycles. The fourth-order valence-electron chi connectivity index (χ4n) is 1.69. The van der Waals surface area contributed by atoms with Crippen molar-refractivity contribution in [3.05, 3.63) is 30.0 Å². The summed E-state index contributed by atoms with van der Waals surface area (Å²) < 4.78 is 7.34. The topological polar surface area (TPSA) is 40.2 Å². The molecule has 0 aliphatic heterocycles. The van der Waals surface area contributed by atoms with Gasteiger partial charge in [0.15, 0.2) is 0 Å². The molecule has 0 atom stereocenters. The Hall–Kier alpha value is -1.48. The van der Waals surface area contributed by atoms with Crippen LogP contribution in [-0.4, -0.2) is 11.7 Å². The lowest BCUT2D eigenvalue weighted by Gasteiger charge is -2.07. The third-order valence-corrected chi connectivity index (χ3v) is 2.51. The van der Waals surface area contributed by atoms with E-state index in [1.54, 1.807) is 7.11 Å². The summed E-state index contributed by atoms with van der Waals surface area (Å²) in [5.74, 6) is 0.863. The highest BCUT2D eigenvalue weighted by Gasteiger charge is 2.05. The molecule has 0 aliphatic carbocycles. The number of rotatable bonds is 2. The Morgan fingerprint density at radius 2 is 2.21 bits per heavy atom. The minimum Gasteiger partial charge on any atom is -0.496 e. The van der Waals surface area contributed by atoms with Crippen molar-refractivity contribution in [2.75, 3.05) is 7.11 Å².